The molecule has 1 amide bonds. The van der Waals surface area contributed by atoms with Crippen LogP contribution in [0.2, 0.25) is 0 Å². The predicted molar refractivity (Wildman–Crippen MR) is 78.4 cm³/mol. The fourth-order valence-corrected chi connectivity index (χ4v) is 1.66. The molecule has 20 heavy (non-hydrogen) atoms. The van der Waals surface area contributed by atoms with Gasteiger partial charge < -0.3 is 9.47 Å². The number of benzene rings is 2. The van der Waals surface area contributed by atoms with Gasteiger partial charge in [-0.15, -0.1) is 0 Å². The van der Waals surface area contributed by atoms with E-state index in [-0.39, 0.29) is 0 Å². The molecule has 0 bridgehead atoms. The van der Waals surface area contributed by atoms with Crippen molar-refractivity contribution in [2.24, 2.45) is 0 Å². The largest absolute Gasteiger partial charge is 0.494 e. The summed E-state index contributed by atoms with van der Waals surface area (Å²) in [7, 11) is 0. The van der Waals surface area contributed by atoms with Gasteiger partial charge in [0.1, 0.15) is 11.5 Å². The van der Waals surface area contributed by atoms with Crippen LogP contribution in [0.25, 0.3) is 0 Å². The van der Waals surface area contributed by atoms with E-state index in [9.17, 15) is 4.79 Å². The first-order valence-corrected chi connectivity index (χ1v) is 6.46. The molecule has 4 nitrogen and oxygen atoms in total. The zero-order valence-electron chi connectivity index (χ0n) is 11.6. The number of carbonyl (C=O) groups is 1. The van der Waals surface area contributed by atoms with Crippen LogP contribution in [0.15, 0.2) is 48.5 Å². The Morgan fingerprint density at radius 2 is 1.60 bits per heavy atom. The van der Waals surface area contributed by atoms with Gasteiger partial charge in [0, 0.05) is 5.69 Å². The molecular weight excluding hydrogens is 254 g/mol. The van der Waals surface area contributed by atoms with Gasteiger partial charge in [0.2, 0.25) is 0 Å². The number of nitrogens with one attached hydrogen (secondary N) is 1. The normalized spacial score (nSPS) is 9.90. The average Bonchev–Trinajstić information content (AvgIpc) is 2.44. The quantitative estimate of drug-likeness (QED) is 0.914. The second-order valence-corrected chi connectivity index (χ2v) is 4.28. The van der Waals surface area contributed by atoms with E-state index in [2.05, 4.69) is 5.32 Å². The minimum absolute atomic E-state index is 0.513. The lowest BCUT2D eigenvalue weighted by atomic mass is 10.2. The molecule has 0 saturated carbocycles. The van der Waals surface area contributed by atoms with Crippen LogP contribution in [0.5, 0.6) is 11.5 Å². The molecule has 2 rings (SSSR count). The zero-order valence-corrected chi connectivity index (χ0v) is 11.6. The lowest BCUT2D eigenvalue weighted by Gasteiger charge is -2.08. The number of aryl methyl sites for hydroxylation is 1. The maximum Gasteiger partial charge on any atom is 0.417 e. The number of ether oxygens (including phenoxy) is 2. The van der Waals surface area contributed by atoms with Crippen molar-refractivity contribution < 1.29 is 14.3 Å². The highest BCUT2D eigenvalue weighted by molar-refractivity contribution is 5.86. The topological polar surface area (TPSA) is 47.6 Å². The van der Waals surface area contributed by atoms with Gasteiger partial charge in [0.15, 0.2) is 0 Å². The maximum absolute atomic E-state index is 11.7. The predicted octanol–water partition coefficient (Wildman–Crippen LogP) is 4.00. The van der Waals surface area contributed by atoms with Crippen molar-refractivity contribution in [2.45, 2.75) is 13.8 Å². The Bertz CT molecular complexity index is 561. The Hall–Kier alpha value is -2.49. The van der Waals surface area contributed by atoms with Gasteiger partial charge in [-0.2, -0.15) is 0 Å². The summed E-state index contributed by atoms with van der Waals surface area (Å²) in [5.41, 5.74) is 1.77. The van der Waals surface area contributed by atoms with Crippen LogP contribution >= 0.6 is 0 Å². The molecule has 0 aliphatic carbocycles. The summed E-state index contributed by atoms with van der Waals surface area (Å²) < 4.78 is 10.5. The van der Waals surface area contributed by atoms with E-state index in [1.165, 1.54) is 0 Å². The molecule has 0 fully saturated rings. The van der Waals surface area contributed by atoms with Crippen LogP contribution in [0.3, 0.4) is 0 Å². The third kappa shape index (κ3) is 4.02. The highest BCUT2D eigenvalue weighted by Crippen LogP contribution is 2.17. The van der Waals surface area contributed by atoms with E-state index in [4.69, 9.17) is 9.47 Å². The summed E-state index contributed by atoms with van der Waals surface area (Å²) in [5.74, 6) is 1.28. The first kappa shape index (κ1) is 13.9. The van der Waals surface area contributed by atoms with E-state index in [0.29, 0.717) is 18.0 Å². The zero-order chi connectivity index (χ0) is 14.4. The molecule has 1 N–H and O–H groups in total. The number of hydrogen-bond donors (Lipinski definition) is 1. The first-order chi connectivity index (χ1) is 9.67. The SMILES string of the molecule is CCOc1ccc(NC(=O)Oc2ccc(C)cc2)cc1. The molecule has 104 valence electrons. The van der Waals surface area contributed by atoms with Crippen LogP contribution in [-0.2, 0) is 0 Å². The minimum Gasteiger partial charge on any atom is -0.494 e. The third-order valence-corrected chi connectivity index (χ3v) is 2.64. The van der Waals surface area contributed by atoms with Crippen molar-refractivity contribution in [2.75, 3.05) is 11.9 Å². The second-order valence-electron chi connectivity index (χ2n) is 4.28. The van der Waals surface area contributed by atoms with Crippen molar-refractivity contribution in [1.82, 2.24) is 0 Å². The molecule has 0 aliphatic heterocycles. The van der Waals surface area contributed by atoms with Crippen LogP contribution in [0, 0.1) is 6.92 Å². The Labute approximate surface area is 118 Å². The molecule has 4 heteroatoms. The Kier molecular flexibility index (Phi) is 4.60. The molecule has 0 aliphatic rings. The van der Waals surface area contributed by atoms with E-state index >= 15 is 0 Å². The Morgan fingerprint density at radius 1 is 1.00 bits per heavy atom. The highest BCUT2D eigenvalue weighted by Gasteiger charge is 2.05. The second kappa shape index (κ2) is 6.61. The van der Waals surface area contributed by atoms with Crippen LogP contribution in [0.4, 0.5) is 10.5 Å². The number of hydrogen-bond acceptors (Lipinski definition) is 3. The van der Waals surface area contributed by atoms with Crippen molar-refractivity contribution in [3.05, 3.63) is 54.1 Å². The summed E-state index contributed by atoms with van der Waals surface area (Å²) in [6.07, 6.45) is -0.516. The standard InChI is InChI=1S/C16H17NO3/c1-3-19-14-10-6-13(7-11-14)17-16(18)20-15-8-4-12(2)5-9-15/h4-11H,3H2,1-2H3,(H,17,18). The van der Waals surface area contributed by atoms with Gasteiger partial charge in [-0.25, -0.2) is 4.79 Å². The van der Waals surface area contributed by atoms with Gasteiger partial charge in [-0.3, -0.25) is 5.32 Å². The Balaban J connectivity index is 1.92. The van der Waals surface area contributed by atoms with Crippen LogP contribution < -0.4 is 14.8 Å². The van der Waals surface area contributed by atoms with Gasteiger partial charge in [0.05, 0.1) is 6.61 Å². The monoisotopic (exact) mass is 271 g/mol. The molecule has 0 unspecified atom stereocenters. The van der Waals surface area contributed by atoms with Crippen LogP contribution in [0.1, 0.15) is 12.5 Å². The number of rotatable bonds is 4. The van der Waals surface area contributed by atoms with Gasteiger partial charge in [-0.1, -0.05) is 17.7 Å². The van der Waals surface area contributed by atoms with E-state index in [1.807, 2.05) is 26.0 Å². The van der Waals surface area contributed by atoms with Gasteiger partial charge in [0.25, 0.3) is 0 Å². The third-order valence-electron chi connectivity index (χ3n) is 2.64. The number of anilines is 1. The fourth-order valence-electron chi connectivity index (χ4n) is 1.66. The smallest absolute Gasteiger partial charge is 0.417 e. The summed E-state index contributed by atoms with van der Waals surface area (Å²) in [6, 6.07) is 14.4. The first-order valence-electron chi connectivity index (χ1n) is 6.46. The van der Waals surface area contributed by atoms with Gasteiger partial charge in [-0.05, 0) is 50.2 Å². The summed E-state index contributed by atoms with van der Waals surface area (Å²) >= 11 is 0. The molecule has 0 atom stereocenters. The van der Waals surface area contributed by atoms with E-state index in [0.717, 1.165) is 11.3 Å². The molecule has 2 aromatic carbocycles. The average molecular weight is 271 g/mol. The maximum atomic E-state index is 11.7. The summed E-state index contributed by atoms with van der Waals surface area (Å²) in [5, 5.41) is 2.66. The lowest BCUT2D eigenvalue weighted by Crippen LogP contribution is -2.16. The summed E-state index contributed by atoms with van der Waals surface area (Å²) in [6.45, 7) is 4.51. The van der Waals surface area contributed by atoms with E-state index in [1.54, 1.807) is 36.4 Å². The minimum atomic E-state index is -0.516. The highest BCUT2D eigenvalue weighted by atomic mass is 16.6. The van der Waals surface area contributed by atoms with Crippen molar-refractivity contribution >= 4 is 11.8 Å². The molecule has 0 spiro atoms. The molecule has 0 aromatic heterocycles. The van der Waals surface area contributed by atoms with Crippen LogP contribution in [-0.4, -0.2) is 12.7 Å². The Morgan fingerprint density at radius 3 is 2.20 bits per heavy atom. The number of amides is 1. The fraction of sp³-hybridized carbons (Fsp3) is 0.188. The molecule has 2 aromatic rings. The molecular formula is C16H17NO3. The van der Waals surface area contributed by atoms with Crippen molar-refractivity contribution in [3.63, 3.8) is 0 Å². The summed E-state index contributed by atoms with van der Waals surface area (Å²) in [4.78, 5) is 11.7. The van der Waals surface area contributed by atoms with Crippen molar-refractivity contribution in [3.8, 4) is 11.5 Å². The lowest BCUT2D eigenvalue weighted by molar-refractivity contribution is 0.215. The number of carbonyl (C=O) groups excluding carboxylic acids is 1. The van der Waals surface area contributed by atoms with E-state index < -0.39 is 6.09 Å². The molecule has 0 radical (unpaired) electrons. The van der Waals surface area contributed by atoms with Crippen molar-refractivity contribution in [1.29, 1.82) is 0 Å². The molecule has 0 saturated heterocycles. The van der Waals surface area contributed by atoms with Gasteiger partial charge >= 0.3 is 6.09 Å². The molecule has 0 heterocycles.